The Bertz CT molecular complexity index is 1180. The van der Waals surface area contributed by atoms with Gasteiger partial charge in [-0.15, -0.1) is 10.2 Å². The average Bonchev–Trinajstić information content (AvgIpc) is 3.05. The molecule has 2 aliphatic rings. The highest BCUT2D eigenvalue weighted by molar-refractivity contribution is 7.99. The first-order valence-corrected chi connectivity index (χ1v) is 11.7. The van der Waals surface area contributed by atoms with Gasteiger partial charge in [-0.05, 0) is 49.9 Å². The Morgan fingerprint density at radius 2 is 2.09 bits per heavy atom. The topological polar surface area (TPSA) is 60.0 Å². The number of aromatic nitrogens is 4. The van der Waals surface area contributed by atoms with Gasteiger partial charge in [0.25, 0.3) is 0 Å². The highest BCUT2D eigenvalue weighted by atomic mass is 32.2. The molecular weight excluding hydrogens is 458 g/mol. The fraction of sp³-hybridized carbons (Fsp3) is 0.500. The summed E-state index contributed by atoms with van der Waals surface area (Å²) in [5, 5.41) is 9.25. The molecule has 176 valence electrons. The summed E-state index contributed by atoms with van der Waals surface area (Å²) < 4.78 is 60.0. The molecule has 3 aromatic rings. The number of nitrogens with zero attached hydrogens (tertiary/aromatic N) is 5. The molecule has 0 bridgehead atoms. The number of oxazole rings is 1. The molecule has 1 aliphatic heterocycles. The molecular formula is C22H23F4N5OS. The molecule has 2 atom stereocenters. The van der Waals surface area contributed by atoms with E-state index in [9.17, 15) is 17.6 Å². The van der Waals surface area contributed by atoms with Gasteiger partial charge in [0.2, 0.25) is 5.82 Å². The number of benzene rings is 1. The normalized spacial score (nSPS) is 22.7. The van der Waals surface area contributed by atoms with E-state index in [4.69, 9.17) is 4.42 Å². The number of hydrogen-bond donors (Lipinski definition) is 0. The smallest absolute Gasteiger partial charge is 0.419 e. The molecule has 1 saturated heterocycles. The van der Waals surface area contributed by atoms with Gasteiger partial charge in [-0.25, -0.2) is 9.37 Å². The predicted octanol–water partition coefficient (Wildman–Crippen LogP) is 4.69. The minimum Gasteiger partial charge on any atom is -0.440 e. The van der Waals surface area contributed by atoms with Gasteiger partial charge in [0.15, 0.2) is 17.3 Å². The van der Waals surface area contributed by atoms with Gasteiger partial charge in [0.05, 0.1) is 11.3 Å². The van der Waals surface area contributed by atoms with Crippen LogP contribution in [0.1, 0.15) is 29.7 Å². The third-order valence-electron chi connectivity index (χ3n) is 6.70. The van der Waals surface area contributed by atoms with Crippen LogP contribution in [0.25, 0.3) is 11.6 Å². The van der Waals surface area contributed by atoms with E-state index in [0.717, 1.165) is 61.2 Å². The number of hydrogen-bond acceptors (Lipinski definition) is 6. The quantitative estimate of drug-likeness (QED) is 0.277. The van der Waals surface area contributed by atoms with E-state index < -0.39 is 17.6 Å². The summed E-state index contributed by atoms with van der Waals surface area (Å²) in [5.41, 5.74) is 0.0452. The minimum atomic E-state index is -4.67. The lowest BCUT2D eigenvalue weighted by molar-refractivity contribution is -0.140. The first kappa shape index (κ1) is 22.4. The molecule has 1 aromatic carbocycles. The molecule has 6 nitrogen and oxygen atoms in total. The van der Waals surface area contributed by atoms with Crippen LogP contribution in [0.5, 0.6) is 0 Å². The van der Waals surface area contributed by atoms with E-state index in [1.54, 1.807) is 11.8 Å². The fourth-order valence-electron chi connectivity index (χ4n) is 4.87. The third kappa shape index (κ3) is 4.05. The second-order valence-electron chi connectivity index (χ2n) is 8.82. The number of alkyl halides is 3. The molecule has 0 radical (unpaired) electrons. The van der Waals surface area contributed by atoms with E-state index in [0.29, 0.717) is 23.1 Å². The van der Waals surface area contributed by atoms with Gasteiger partial charge in [-0.3, -0.25) is 0 Å². The van der Waals surface area contributed by atoms with Crippen LogP contribution >= 0.6 is 11.8 Å². The monoisotopic (exact) mass is 481 g/mol. The lowest BCUT2D eigenvalue weighted by atomic mass is 9.93. The van der Waals surface area contributed by atoms with Crippen LogP contribution in [0.4, 0.5) is 17.6 Å². The first-order valence-electron chi connectivity index (χ1n) is 10.7. The van der Waals surface area contributed by atoms with Crippen molar-refractivity contribution >= 4 is 11.8 Å². The summed E-state index contributed by atoms with van der Waals surface area (Å²) in [6.07, 6.45) is -1.44. The SMILES string of the molecule is Cc1ncoc1-c1nnc(SCCCN2C[C@H]3C[C@@]3(c3ccc(C(F)(F)F)c(F)c3)C2)n1C. The molecule has 0 unspecified atom stereocenters. The highest BCUT2D eigenvalue weighted by Gasteiger charge is 2.60. The first-order chi connectivity index (χ1) is 15.7. The number of thioether (sulfide) groups is 1. The Morgan fingerprint density at radius 3 is 2.79 bits per heavy atom. The molecule has 0 N–H and O–H groups in total. The summed E-state index contributed by atoms with van der Waals surface area (Å²) >= 11 is 1.61. The van der Waals surface area contributed by atoms with Crippen molar-refractivity contribution in [1.82, 2.24) is 24.6 Å². The predicted molar refractivity (Wildman–Crippen MR) is 114 cm³/mol. The molecule has 1 aliphatic carbocycles. The van der Waals surface area contributed by atoms with Gasteiger partial charge in [-0.2, -0.15) is 13.2 Å². The van der Waals surface area contributed by atoms with Gasteiger partial charge >= 0.3 is 6.18 Å². The molecule has 5 rings (SSSR count). The Morgan fingerprint density at radius 1 is 1.27 bits per heavy atom. The highest BCUT2D eigenvalue weighted by Crippen LogP contribution is 2.59. The number of piperidine rings is 1. The second kappa shape index (κ2) is 8.12. The van der Waals surface area contributed by atoms with Gasteiger partial charge in [0.1, 0.15) is 5.82 Å². The summed E-state index contributed by atoms with van der Waals surface area (Å²) in [7, 11) is 1.89. The van der Waals surface area contributed by atoms with E-state index >= 15 is 0 Å². The van der Waals surface area contributed by atoms with Crippen LogP contribution in [0.3, 0.4) is 0 Å². The van der Waals surface area contributed by atoms with E-state index in [-0.39, 0.29) is 5.41 Å². The largest absolute Gasteiger partial charge is 0.440 e. The molecule has 0 amide bonds. The molecule has 1 saturated carbocycles. The zero-order chi connectivity index (χ0) is 23.4. The minimum absolute atomic E-state index is 0.203. The summed E-state index contributed by atoms with van der Waals surface area (Å²) in [6.45, 7) is 4.38. The van der Waals surface area contributed by atoms with Crippen molar-refractivity contribution in [2.45, 2.75) is 36.5 Å². The second-order valence-corrected chi connectivity index (χ2v) is 9.88. The van der Waals surface area contributed by atoms with Crippen molar-refractivity contribution in [3.63, 3.8) is 0 Å². The van der Waals surface area contributed by atoms with Crippen LogP contribution < -0.4 is 0 Å². The van der Waals surface area contributed by atoms with Gasteiger partial charge in [-0.1, -0.05) is 17.8 Å². The number of fused-ring (bicyclic) bond motifs is 1. The van der Waals surface area contributed by atoms with Crippen LogP contribution in [0.2, 0.25) is 0 Å². The molecule has 3 heterocycles. The maximum Gasteiger partial charge on any atom is 0.419 e. The van der Waals surface area contributed by atoms with Crippen molar-refractivity contribution in [2.75, 3.05) is 25.4 Å². The molecule has 33 heavy (non-hydrogen) atoms. The van der Waals surface area contributed by atoms with Crippen LogP contribution in [-0.4, -0.2) is 50.0 Å². The molecule has 11 heteroatoms. The zero-order valence-corrected chi connectivity index (χ0v) is 19.0. The lowest BCUT2D eigenvalue weighted by Crippen LogP contribution is -2.28. The van der Waals surface area contributed by atoms with Crippen LogP contribution in [0, 0.1) is 18.7 Å². The number of rotatable bonds is 7. The number of likely N-dealkylation sites (tertiary alicyclic amines) is 1. The van der Waals surface area contributed by atoms with E-state index in [2.05, 4.69) is 20.1 Å². The lowest BCUT2D eigenvalue weighted by Gasteiger charge is -2.21. The van der Waals surface area contributed by atoms with Crippen LogP contribution in [-0.2, 0) is 18.6 Å². The van der Waals surface area contributed by atoms with Crippen molar-refractivity contribution in [3.8, 4) is 11.6 Å². The van der Waals surface area contributed by atoms with Crippen molar-refractivity contribution in [2.24, 2.45) is 13.0 Å². The molecule has 2 fully saturated rings. The standard InChI is InChI=1S/C22H23F4N5OS/c1-13-18(32-12-27-13)19-28-29-20(30(19)2)33-7-3-6-31-10-15-9-21(15,11-31)14-4-5-16(17(23)8-14)22(24,25)26/h4-5,8,12,15H,3,6-7,9-11H2,1-2H3/t15-,21+/m1/s1. The Labute approximate surface area is 192 Å². The maximum atomic E-state index is 14.1. The van der Waals surface area contributed by atoms with Crippen molar-refractivity contribution in [3.05, 3.63) is 47.2 Å². The van der Waals surface area contributed by atoms with Gasteiger partial charge in [0, 0.05) is 31.3 Å². The average molecular weight is 482 g/mol. The van der Waals surface area contributed by atoms with Crippen LogP contribution in [0.15, 0.2) is 34.2 Å². The fourth-order valence-corrected chi connectivity index (χ4v) is 5.70. The van der Waals surface area contributed by atoms with E-state index in [1.807, 2.05) is 18.5 Å². The third-order valence-corrected chi connectivity index (χ3v) is 7.81. The summed E-state index contributed by atoms with van der Waals surface area (Å²) in [4.78, 5) is 6.41. The molecule has 0 spiro atoms. The summed E-state index contributed by atoms with van der Waals surface area (Å²) in [5.74, 6) is 1.30. The summed E-state index contributed by atoms with van der Waals surface area (Å²) in [6, 6.07) is 3.42. The Hall–Kier alpha value is -2.40. The van der Waals surface area contributed by atoms with E-state index in [1.165, 1.54) is 12.5 Å². The van der Waals surface area contributed by atoms with Gasteiger partial charge < -0.3 is 13.9 Å². The maximum absolute atomic E-state index is 14.1. The number of aryl methyl sites for hydroxylation is 1. The van der Waals surface area contributed by atoms with Crippen molar-refractivity contribution in [1.29, 1.82) is 0 Å². The Balaban J connectivity index is 1.14. The zero-order valence-electron chi connectivity index (χ0n) is 18.2. The number of halogens is 4. The Kier molecular flexibility index (Phi) is 5.51. The molecule has 2 aromatic heterocycles. The van der Waals surface area contributed by atoms with Crippen molar-refractivity contribution < 1.29 is 22.0 Å².